The molecule has 2 rings (SSSR count). The number of hydrogen-bond donors (Lipinski definition) is 2. The van der Waals surface area contributed by atoms with Gasteiger partial charge in [0, 0.05) is 17.8 Å². The van der Waals surface area contributed by atoms with Crippen LogP contribution in [0.1, 0.15) is 26.5 Å². The monoisotopic (exact) mass is 248 g/mol. The standard InChI is InChI=1S/C13H17FN4/c1-13(2,3)17-8-10-7-16-12(18-10)11-5-4-9(14)6-15-11/h4-7,17H,8H2,1-3H3,(H,16,18). The van der Waals surface area contributed by atoms with Gasteiger partial charge in [0.25, 0.3) is 0 Å². The average Bonchev–Trinajstić information content (AvgIpc) is 2.75. The van der Waals surface area contributed by atoms with Crippen molar-refractivity contribution >= 4 is 0 Å². The molecule has 2 N–H and O–H groups in total. The predicted octanol–water partition coefficient (Wildman–Crippen LogP) is 2.50. The SMILES string of the molecule is CC(C)(C)NCc1cnc(-c2ccc(F)cn2)[nH]1. The van der Waals surface area contributed by atoms with E-state index in [9.17, 15) is 4.39 Å². The fraction of sp³-hybridized carbons (Fsp3) is 0.385. The molecule has 96 valence electrons. The number of aromatic amines is 1. The van der Waals surface area contributed by atoms with Gasteiger partial charge < -0.3 is 10.3 Å². The molecule has 4 nitrogen and oxygen atoms in total. The van der Waals surface area contributed by atoms with Crippen molar-refractivity contribution in [1.82, 2.24) is 20.3 Å². The third-order valence-corrected chi connectivity index (χ3v) is 2.41. The molecule has 0 bridgehead atoms. The van der Waals surface area contributed by atoms with E-state index in [1.54, 1.807) is 12.3 Å². The van der Waals surface area contributed by atoms with E-state index in [1.807, 2.05) is 0 Å². The van der Waals surface area contributed by atoms with Crippen LogP contribution in [0, 0.1) is 5.82 Å². The molecule has 0 aromatic carbocycles. The zero-order valence-corrected chi connectivity index (χ0v) is 10.8. The highest BCUT2D eigenvalue weighted by molar-refractivity contribution is 5.48. The molecule has 2 heterocycles. The highest BCUT2D eigenvalue weighted by Crippen LogP contribution is 2.13. The molecule has 0 aliphatic carbocycles. The van der Waals surface area contributed by atoms with Crippen LogP contribution in [-0.2, 0) is 6.54 Å². The molecule has 0 unspecified atom stereocenters. The first-order valence-electron chi connectivity index (χ1n) is 5.85. The normalized spacial score (nSPS) is 11.8. The van der Waals surface area contributed by atoms with E-state index in [4.69, 9.17) is 0 Å². The van der Waals surface area contributed by atoms with Gasteiger partial charge >= 0.3 is 0 Å². The molecular formula is C13H17FN4. The lowest BCUT2D eigenvalue weighted by Gasteiger charge is -2.19. The summed E-state index contributed by atoms with van der Waals surface area (Å²) in [6.07, 6.45) is 2.95. The number of hydrogen-bond acceptors (Lipinski definition) is 3. The number of halogens is 1. The minimum absolute atomic E-state index is 0.0550. The van der Waals surface area contributed by atoms with Gasteiger partial charge in [-0.2, -0.15) is 0 Å². The number of rotatable bonds is 3. The van der Waals surface area contributed by atoms with Gasteiger partial charge in [-0.1, -0.05) is 0 Å². The second-order valence-corrected chi connectivity index (χ2v) is 5.22. The first-order valence-corrected chi connectivity index (χ1v) is 5.85. The van der Waals surface area contributed by atoms with E-state index < -0.39 is 0 Å². The number of pyridine rings is 1. The van der Waals surface area contributed by atoms with E-state index in [2.05, 4.69) is 41.0 Å². The molecule has 2 aromatic rings. The summed E-state index contributed by atoms with van der Waals surface area (Å²) in [6, 6.07) is 2.98. The zero-order valence-electron chi connectivity index (χ0n) is 10.8. The van der Waals surface area contributed by atoms with Crippen molar-refractivity contribution in [2.45, 2.75) is 32.9 Å². The molecule has 0 spiro atoms. The van der Waals surface area contributed by atoms with Crippen molar-refractivity contribution in [2.75, 3.05) is 0 Å². The number of imidazole rings is 1. The van der Waals surface area contributed by atoms with Crippen molar-refractivity contribution in [2.24, 2.45) is 0 Å². The Balaban J connectivity index is 2.08. The van der Waals surface area contributed by atoms with Crippen LogP contribution in [0.3, 0.4) is 0 Å². The molecule has 0 atom stereocenters. The molecular weight excluding hydrogens is 231 g/mol. The Morgan fingerprint density at radius 3 is 2.61 bits per heavy atom. The summed E-state index contributed by atoms with van der Waals surface area (Å²) in [5.41, 5.74) is 1.67. The number of nitrogens with zero attached hydrogens (tertiary/aromatic N) is 2. The van der Waals surface area contributed by atoms with Crippen molar-refractivity contribution < 1.29 is 4.39 Å². The van der Waals surface area contributed by atoms with Crippen molar-refractivity contribution in [3.05, 3.63) is 36.0 Å². The lowest BCUT2D eigenvalue weighted by Crippen LogP contribution is -2.35. The van der Waals surface area contributed by atoms with Crippen LogP contribution < -0.4 is 5.32 Å². The summed E-state index contributed by atoms with van der Waals surface area (Å²) in [4.78, 5) is 11.4. The van der Waals surface area contributed by atoms with E-state index in [0.29, 0.717) is 18.1 Å². The minimum atomic E-state index is -0.347. The number of aromatic nitrogens is 3. The molecule has 0 saturated carbocycles. The van der Waals surface area contributed by atoms with E-state index >= 15 is 0 Å². The molecule has 2 aromatic heterocycles. The molecule has 0 fully saturated rings. The summed E-state index contributed by atoms with van der Waals surface area (Å²) >= 11 is 0. The Hall–Kier alpha value is -1.75. The maximum Gasteiger partial charge on any atom is 0.156 e. The molecule has 0 aliphatic rings. The van der Waals surface area contributed by atoms with E-state index in [0.717, 1.165) is 5.69 Å². The molecule has 18 heavy (non-hydrogen) atoms. The van der Waals surface area contributed by atoms with Crippen LogP contribution in [-0.4, -0.2) is 20.5 Å². The predicted molar refractivity (Wildman–Crippen MR) is 68.4 cm³/mol. The highest BCUT2D eigenvalue weighted by Gasteiger charge is 2.10. The maximum atomic E-state index is 12.8. The third kappa shape index (κ3) is 3.37. The second-order valence-electron chi connectivity index (χ2n) is 5.22. The largest absolute Gasteiger partial charge is 0.339 e. The van der Waals surface area contributed by atoms with Gasteiger partial charge in [-0.05, 0) is 32.9 Å². The quantitative estimate of drug-likeness (QED) is 0.877. The smallest absolute Gasteiger partial charge is 0.156 e. The van der Waals surface area contributed by atoms with E-state index in [1.165, 1.54) is 12.3 Å². The Morgan fingerprint density at radius 1 is 1.22 bits per heavy atom. The van der Waals surface area contributed by atoms with Crippen molar-refractivity contribution in [3.8, 4) is 11.5 Å². The lowest BCUT2D eigenvalue weighted by molar-refractivity contribution is 0.422. The van der Waals surface area contributed by atoms with Crippen LogP contribution in [0.2, 0.25) is 0 Å². The number of nitrogens with one attached hydrogen (secondary N) is 2. The van der Waals surface area contributed by atoms with Crippen LogP contribution in [0.4, 0.5) is 4.39 Å². The Kier molecular flexibility index (Phi) is 3.43. The molecule has 0 aliphatic heterocycles. The van der Waals surface area contributed by atoms with Gasteiger partial charge in [0.2, 0.25) is 0 Å². The van der Waals surface area contributed by atoms with Gasteiger partial charge in [-0.3, -0.25) is 0 Å². The third-order valence-electron chi connectivity index (χ3n) is 2.41. The molecule has 0 amide bonds. The average molecular weight is 248 g/mol. The summed E-state index contributed by atoms with van der Waals surface area (Å²) in [7, 11) is 0. The van der Waals surface area contributed by atoms with Crippen LogP contribution in [0.25, 0.3) is 11.5 Å². The topological polar surface area (TPSA) is 53.6 Å². The Labute approximate surface area is 106 Å². The first kappa shape index (κ1) is 12.7. The maximum absolute atomic E-state index is 12.8. The van der Waals surface area contributed by atoms with Gasteiger partial charge in [0.15, 0.2) is 5.82 Å². The van der Waals surface area contributed by atoms with Crippen molar-refractivity contribution in [3.63, 3.8) is 0 Å². The molecule has 0 radical (unpaired) electrons. The summed E-state index contributed by atoms with van der Waals surface area (Å²) in [6.45, 7) is 7.01. The highest BCUT2D eigenvalue weighted by atomic mass is 19.1. The molecule has 0 saturated heterocycles. The van der Waals surface area contributed by atoms with Gasteiger partial charge in [0.05, 0.1) is 12.4 Å². The molecule has 5 heteroatoms. The van der Waals surface area contributed by atoms with E-state index in [-0.39, 0.29) is 11.4 Å². The van der Waals surface area contributed by atoms with Crippen LogP contribution in [0.5, 0.6) is 0 Å². The summed E-state index contributed by atoms with van der Waals surface area (Å²) < 4.78 is 12.8. The fourth-order valence-corrected chi connectivity index (χ4v) is 1.46. The summed E-state index contributed by atoms with van der Waals surface area (Å²) in [5.74, 6) is 0.306. The van der Waals surface area contributed by atoms with Gasteiger partial charge in [0.1, 0.15) is 11.5 Å². The van der Waals surface area contributed by atoms with Gasteiger partial charge in [-0.25, -0.2) is 14.4 Å². The lowest BCUT2D eigenvalue weighted by atomic mass is 10.1. The second kappa shape index (κ2) is 4.86. The summed E-state index contributed by atoms with van der Waals surface area (Å²) in [5, 5.41) is 3.36. The van der Waals surface area contributed by atoms with Crippen LogP contribution in [0.15, 0.2) is 24.5 Å². The first-order chi connectivity index (χ1) is 8.44. The van der Waals surface area contributed by atoms with Crippen LogP contribution >= 0.6 is 0 Å². The van der Waals surface area contributed by atoms with Crippen molar-refractivity contribution in [1.29, 1.82) is 0 Å². The fourth-order valence-electron chi connectivity index (χ4n) is 1.46. The minimum Gasteiger partial charge on any atom is -0.339 e. The Morgan fingerprint density at radius 2 is 2.00 bits per heavy atom. The van der Waals surface area contributed by atoms with Gasteiger partial charge in [-0.15, -0.1) is 0 Å². The Bertz CT molecular complexity index is 511. The zero-order chi connectivity index (χ0) is 13.2. The number of H-pyrrole nitrogens is 1.